The average molecular weight is 316 g/mol. The molecule has 3 nitrogen and oxygen atoms in total. The van der Waals surface area contributed by atoms with Crippen molar-refractivity contribution in [3.8, 4) is 17.2 Å². The van der Waals surface area contributed by atoms with Gasteiger partial charge in [0.1, 0.15) is 17.0 Å². The van der Waals surface area contributed by atoms with E-state index in [4.69, 9.17) is 11.6 Å². The smallest absolute Gasteiger partial charge is 0.149 e. The minimum Gasteiger partial charge on any atom is -0.355 e. The molecule has 0 N–H and O–H groups in total. The van der Waals surface area contributed by atoms with Crippen LogP contribution in [0.3, 0.4) is 0 Å². The van der Waals surface area contributed by atoms with Crippen molar-refractivity contribution in [2.24, 2.45) is 0 Å². The molecule has 0 amide bonds. The predicted octanol–water partition coefficient (Wildman–Crippen LogP) is 3.83. The Balaban J connectivity index is 2.09. The summed E-state index contributed by atoms with van der Waals surface area (Å²) < 4.78 is 0. The number of thioether (sulfide) groups is 1. The second kappa shape index (κ2) is 6.38. The number of hydrogen-bond donors (Lipinski definition) is 0. The van der Waals surface area contributed by atoms with E-state index in [1.165, 1.54) is 0 Å². The van der Waals surface area contributed by atoms with Crippen LogP contribution in [0.4, 0.5) is 5.82 Å². The van der Waals surface area contributed by atoms with E-state index in [9.17, 15) is 5.26 Å². The second-order valence-electron chi connectivity index (χ2n) is 4.77. The number of anilines is 1. The summed E-state index contributed by atoms with van der Waals surface area (Å²) in [5, 5.41) is 9.65. The molecule has 1 aromatic carbocycles. The highest BCUT2D eigenvalue weighted by atomic mass is 35.5. The zero-order valence-corrected chi connectivity index (χ0v) is 13.0. The van der Waals surface area contributed by atoms with E-state index >= 15 is 0 Å². The van der Waals surface area contributed by atoms with Crippen LogP contribution in [0.5, 0.6) is 0 Å². The van der Waals surface area contributed by atoms with Crippen LogP contribution in [0.15, 0.2) is 36.4 Å². The lowest BCUT2D eigenvalue weighted by atomic mass is 10.0. The van der Waals surface area contributed by atoms with Gasteiger partial charge >= 0.3 is 0 Å². The molecule has 2 heterocycles. The number of pyridine rings is 1. The summed E-state index contributed by atoms with van der Waals surface area (Å²) in [7, 11) is 0. The quantitative estimate of drug-likeness (QED) is 0.790. The van der Waals surface area contributed by atoms with Crippen LogP contribution in [-0.2, 0) is 0 Å². The summed E-state index contributed by atoms with van der Waals surface area (Å²) in [4.78, 5) is 6.65. The van der Waals surface area contributed by atoms with Crippen LogP contribution in [0.1, 0.15) is 5.56 Å². The van der Waals surface area contributed by atoms with Crippen molar-refractivity contribution < 1.29 is 0 Å². The molecular weight excluding hydrogens is 302 g/mol. The normalized spacial score (nSPS) is 14.8. The number of aromatic nitrogens is 1. The monoisotopic (exact) mass is 315 g/mol. The summed E-state index contributed by atoms with van der Waals surface area (Å²) >= 11 is 8.19. The summed E-state index contributed by atoms with van der Waals surface area (Å²) in [6, 6.07) is 14.0. The third kappa shape index (κ3) is 2.99. The molecule has 5 heteroatoms. The van der Waals surface area contributed by atoms with Crippen molar-refractivity contribution in [2.75, 3.05) is 29.5 Å². The van der Waals surface area contributed by atoms with Gasteiger partial charge in [-0.1, -0.05) is 41.9 Å². The molecule has 0 radical (unpaired) electrons. The molecule has 1 fully saturated rings. The maximum atomic E-state index is 9.37. The molecule has 2 aromatic rings. The molecule has 1 saturated heterocycles. The average Bonchev–Trinajstić information content (AvgIpc) is 2.55. The SMILES string of the molecule is N#Cc1c(-c2ccccc2)cc(N2CCSCC2)nc1Cl. The minimum absolute atomic E-state index is 0.284. The van der Waals surface area contributed by atoms with Gasteiger partial charge in [0, 0.05) is 30.2 Å². The number of halogens is 1. The predicted molar refractivity (Wildman–Crippen MR) is 88.9 cm³/mol. The van der Waals surface area contributed by atoms with E-state index < -0.39 is 0 Å². The largest absolute Gasteiger partial charge is 0.355 e. The Kier molecular flexibility index (Phi) is 4.33. The van der Waals surface area contributed by atoms with Gasteiger partial charge in [0.25, 0.3) is 0 Å². The number of benzene rings is 1. The summed E-state index contributed by atoms with van der Waals surface area (Å²) in [6.45, 7) is 1.93. The fourth-order valence-corrected chi connectivity index (χ4v) is 3.54. The van der Waals surface area contributed by atoms with Gasteiger partial charge in [0.05, 0.1) is 5.56 Å². The molecule has 106 valence electrons. The Morgan fingerprint density at radius 2 is 1.90 bits per heavy atom. The van der Waals surface area contributed by atoms with Crippen molar-refractivity contribution in [3.63, 3.8) is 0 Å². The highest BCUT2D eigenvalue weighted by Crippen LogP contribution is 2.32. The molecule has 1 aliphatic heterocycles. The fraction of sp³-hybridized carbons (Fsp3) is 0.250. The van der Waals surface area contributed by atoms with Crippen LogP contribution >= 0.6 is 23.4 Å². The lowest BCUT2D eigenvalue weighted by molar-refractivity contribution is 0.839. The van der Waals surface area contributed by atoms with Gasteiger partial charge < -0.3 is 4.90 Å². The van der Waals surface area contributed by atoms with Crippen molar-refractivity contribution in [1.29, 1.82) is 5.26 Å². The number of rotatable bonds is 2. The Morgan fingerprint density at radius 3 is 2.57 bits per heavy atom. The zero-order chi connectivity index (χ0) is 14.7. The first-order valence-corrected chi connectivity index (χ1v) is 8.31. The summed E-state index contributed by atoms with van der Waals surface area (Å²) in [5.74, 6) is 3.05. The molecule has 21 heavy (non-hydrogen) atoms. The van der Waals surface area contributed by atoms with E-state index in [0.29, 0.717) is 5.56 Å². The first-order chi connectivity index (χ1) is 10.3. The molecule has 0 unspecified atom stereocenters. The first kappa shape index (κ1) is 14.2. The number of nitrogens with zero attached hydrogens (tertiary/aromatic N) is 3. The van der Waals surface area contributed by atoms with Crippen LogP contribution in [-0.4, -0.2) is 29.6 Å². The Labute approximate surface area is 133 Å². The third-order valence-corrected chi connectivity index (χ3v) is 4.71. The maximum absolute atomic E-state index is 9.37. The van der Waals surface area contributed by atoms with Crippen LogP contribution in [0, 0.1) is 11.3 Å². The van der Waals surface area contributed by atoms with Gasteiger partial charge in [-0.25, -0.2) is 4.98 Å². The Hall–Kier alpha value is -1.70. The summed E-state index contributed by atoms with van der Waals surface area (Å²) in [6.07, 6.45) is 0. The van der Waals surface area contributed by atoms with Gasteiger partial charge in [-0.15, -0.1) is 0 Å². The highest BCUT2D eigenvalue weighted by molar-refractivity contribution is 7.99. The van der Waals surface area contributed by atoms with Crippen molar-refractivity contribution in [3.05, 3.63) is 47.1 Å². The van der Waals surface area contributed by atoms with E-state index in [0.717, 1.165) is 41.5 Å². The number of hydrogen-bond acceptors (Lipinski definition) is 4. The molecule has 1 aliphatic rings. The van der Waals surface area contributed by atoms with Gasteiger partial charge in [0.2, 0.25) is 0 Å². The number of nitriles is 1. The zero-order valence-electron chi connectivity index (χ0n) is 11.4. The minimum atomic E-state index is 0.284. The van der Waals surface area contributed by atoms with Crippen LogP contribution in [0.2, 0.25) is 5.15 Å². The molecule has 0 saturated carbocycles. The van der Waals surface area contributed by atoms with Crippen LogP contribution in [0.25, 0.3) is 11.1 Å². The molecule has 0 spiro atoms. The molecular formula is C16H14ClN3S. The first-order valence-electron chi connectivity index (χ1n) is 6.78. The topological polar surface area (TPSA) is 39.9 Å². The lowest BCUT2D eigenvalue weighted by Crippen LogP contribution is -2.33. The maximum Gasteiger partial charge on any atom is 0.149 e. The lowest BCUT2D eigenvalue weighted by Gasteiger charge is -2.28. The highest BCUT2D eigenvalue weighted by Gasteiger charge is 2.18. The van der Waals surface area contributed by atoms with Crippen LogP contribution < -0.4 is 4.90 Å². The Morgan fingerprint density at radius 1 is 1.19 bits per heavy atom. The van der Waals surface area contributed by atoms with Gasteiger partial charge in [-0.2, -0.15) is 17.0 Å². The van der Waals surface area contributed by atoms with Gasteiger partial charge in [-0.3, -0.25) is 0 Å². The standard InChI is InChI=1S/C16H14ClN3S/c17-16-14(11-18)13(12-4-2-1-3-5-12)10-15(19-16)20-6-8-21-9-7-20/h1-5,10H,6-9H2. The van der Waals surface area contributed by atoms with E-state index in [1.54, 1.807) is 0 Å². The third-order valence-electron chi connectivity index (χ3n) is 3.49. The molecule has 1 aromatic heterocycles. The molecule has 3 rings (SSSR count). The van der Waals surface area contributed by atoms with Gasteiger partial charge in [0.15, 0.2) is 0 Å². The molecule has 0 atom stereocenters. The van der Waals surface area contributed by atoms with Crippen molar-refractivity contribution in [2.45, 2.75) is 0 Å². The van der Waals surface area contributed by atoms with E-state index in [2.05, 4.69) is 16.0 Å². The van der Waals surface area contributed by atoms with Crippen molar-refractivity contribution >= 4 is 29.2 Å². The Bertz CT molecular complexity index is 676. The van der Waals surface area contributed by atoms with Crippen molar-refractivity contribution in [1.82, 2.24) is 4.98 Å². The van der Waals surface area contributed by atoms with Gasteiger partial charge in [-0.05, 0) is 11.6 Å². The molecule has 0 aliphatic carbocycles. The fourth-order valence-electron chi connectivity index (χ4n) is 2.41. The van der Waals surface area contributed by atoms with E-state index in [1.807, 2.05) is 48.2 Å². The second-order valence-corrected chi connectivity index (χ2v) is 6.35. The van der Waals surface area contributed by atoms with E-state index in [-0.39, 0.29) is 5.15 Å². The molecule has 0 bridgehead atoms. The summed E-state index contributed by atoms with van der Waals surface area (Å²) in [5.41, 5.74) is 2.29.